The second-order valence-electron chi connectivity index (χ2n) is 5.97. The van der Waals surface area contributed by atoms with Gasteiger partial charge in [0.25, 0.3) is 0 Å². The minimum atomic E-state index is -0.685. The monoisotopic (exact) mass is 395 g/mol. The van der Waals surface area contributed by atoms with Crippen LogP contribution in [0.1, 0.15) is 18.9 Å². The van der Waals surface area contributed by atoms with Gasteiger partial charge in [-0.25, -0.2) is 15.2 Å². The molecule has 0 saturated heterocycles. The van der Waals surface area contributed by atoms with Gasteiger partial charge in [0.1, 0.15) is 30.1 Å². The van der Waals surface area contributed by atoms with E-state index in [1.807, 2.05) is 0 Å². The minimum absolute atomic E-state index is 0.106. The van der Waals surface area contributed by atoms with Crippen LogP contribution in [0.25, 0.3) is 0 Å². The predicted molar refractivity (Wildman–Crippen MR) is 109 cm³/mol. The van der Waals surface area contributed by atoms with Crippen LogP contribution in [0.5, 0.6) is 11.5 Å². The molecule has 2 aromatic rings. The van der Waals surface area contributed by atoms with Gasteiger partial charge in [-0.3, -0.25) is 4.79 Å². The molecular weight excluding hydrogens is 374 g/mol. The first-order chi connectivity index (χ1) is 13.9. The Balaban J connectivity index is 2.10. The highest BCUT2D eigenvalue weighted by Crippen LogP contribution is 2.28. The SMILES string of the molecule is C#CCOc1ccc(NC(=O)NN(C(C)=O)c2cc(CCC=O)ccc2O)cc1. The number of nitrogens with one attached hydrogen (secondary N) is 2. The number of terminal acetylenes is 1. The molecule has 8 heteroatoms. The Morgan fingerprint density at radius 2 is 1.97 bits per heavy atom. The molecule has 29 heavy (non-hydrogen) atoms. The zero-order valence-corrected chi connectivity index (χ0v) is 15.8. The van der Waals surface area contributed by atoms with Gasteiger partial charge in [-0.05, 0) is 48.4 Å². The van der Waals surface area contributed by atoms with Gasteiger partial charge in [0, 0.05) is 19.0 Å². The maximum atomic E-state index is 12.3. The summed E-state index contributed by atoms with van der Waals surface area (Å²) in [7, 11) is 0. The number of rotatable bonds is 7. The summed E-state index contributed by atoms with van der Waals surface area (Å²) in [5.74, 6) is 2.20. The van der Waals surface area contributed by atoms with E-state index in [0.717, 1.165) is 16.9 Å². The summed E-state index contributed by atoms with van der Waals surface area (Å²) < 4.78 is 5.25. The lowest BCUT2D eigenvalue weighted by Gasteiger charge is -2.23. The van der Waals surface area contributed by atoms with Crippen molar-refractivity contribution in [3.05, 3.63) is 48.0 Å². The summed E-state index contributed by atoms with van der Waals surface area (Å²) in [5, 5.41) is 13.6. The van der Waals surface area contributed by atoms with Crippen LogP contribution < -0.4 is 20.5 Å². The van der Waals surface area contributed by atoms with Gasteiger partial charge in [0.15, 0.2) is 0 Å². The molecule has 3 N–H and O–H groups in total. The fourth-order valence-electron chi connectivity index (χ4n) is 2.46. The number of amides is 3. The number of hydrogen-bond donors (Lipinski definition) is 3. The number of ether oxygens (including phenoxy) is 1. The maximum Gasteiger partial charge on any atom is 0.338 e. The third-order valence-electron chi connectivity index (χ3n) is 3.79. The van der Waals surface area contributed by atoms with Crippen molar-refractivity contribution >= 4 is 29.6 Å². The van der Waals surface area contributed by atoms with E-state index in [4.69, 9.17) is 11.2 Å². The molecule has 150 valence electrons. The van der Waals surface area contributed by atoms with E-state index in [2.05, 4.69) is 16.7 Å². The first-order valence-corrected chi connectivity index (χ1v) is 8.74. The maximum absolute atomic E-state index is 12.3. The van der Waals surface area contributed by atoms with Gasteiger partial charge in [-0.2, -0.15) is 0 Å². The molecule has 0 atom stereocenters. The lowest BCUT2D eigenvalue weighted by molar-refractivity contribution is -0.117. The van der Waals surface area contributed by atoms with E-state index < -0.39 is 11.9 Å². The smallest absolute Gasteiger partial charge is 0.338 e. The Morgan fingerprint density at radius 3 is 2.59 bits per heavy atom. The summed E-state index contributed by atoms with van der Waals surface area (Å²) in [6.45, 7) is 1.38. The minimum Gasteiger partial charge on any atom is -0.506 e. The number of phenols is 1. The molecule has 8 nitrogen and oxygen atoms in total. The summed E-state index contributed by atoms with van der Waals surface area (Å²) in [6.07, 6.45) is 6.66. The van der Waals surface area contributed by atoms with Crippen LogP contribution in [0.3, 0.4) is 0 Å². The Hall–Kier alpha value is -3.99. The average Bonchev–Trinajstić information content (AvgIpc) is 2.71. The first-order valence-electron chi connectivity index (χ1n) is 8.74. The first kappa shape index (κ1) is 21.3. The summed E-state index contributed by atoms with van der Waals surface area (Å²) in [4.78, 5) is 34.9. The molecule has 0 fully saturated rings. The van der Waals surface area contributed by atoms with Crippen molar-refractivity contribution in [2.45, 2.75) is 19.8 Å². The highest BCUT2D eigenvalue weighted by molar-refractivity contribution is 5.99. The number of benzene rings is 2. The van der Waals surface area contributed by atoms with Gasteiger partial charge in [0.05, 0.1) is 0 Å². The topological polar surface area (TPSA) is 108 Å². The van der Waals surface area contributed by atoms with Gasteiger partial charge in [-0.1, -0.05) is 12.0 Å². The van der Waals surface area contributed by atoms with Crippen LogP contribution in [0.2, 0.25) is 0 Å². The number of carbonyl (C=O) groups excluding carboxylic acids is 3. The third-order valence-corrected chi connectivity index (χ3v) is 3.79. The van der Waals surface area contributed by atoms with Crippen LogP contribution in [-0.2, 0) is 16.0 Å². The summed E-state index contributed by atoms with van der Waals surface area (Å²) in [5.41, 5.74) is 3.70. The molecule has 2 rings (SSSR count). The van der Waals surface area contributed by atoms with Crippen molar-refractivity contribution in [3.8, 4) is 23.8 Å². The molecule has 0 aliphatic carbocycles. The second-order valence-corrected chi connectivity index (χ2v) is 5.97. The van der Waals surface area contributed by atoms with Crippen LogP contribution >= 0.6 is 0 Å². The Bertz CT molecular complexity index is 919. The number of hydrazine groups is 1. The molecule has 3 amide bonds. The van der Waals surface area contributed by atoms with E-state index in [0.29, 0.717) is 24.3 Å². The average molecular weight is 395 g/mol. The number of phenolic OH excluding ortho intramolecular Hbond substituents is 1. The molecule has 0 aliphatic rings. The molecule has 0 spiro atoms. The van der Waals surface area contributed by atoms with Crippen LogP contribution in [-0.4, -0.2) is 29.9 Å². The molecule has 2 aromatic carbocycles. The van der Waals surface area contributed by atoms with Gasteiger partial charge in [0.2, 0.25) is 5.91 Å². The standard InChI is InChI=1S/C21H21N3O5/c1-3-13-29-18-9-7-17(8-10-18)22-21(28)23-24(15(2)26)19-14-16(5-4-12-25)6-11-20(19)27/h1,6-12,14,27H,4-5,13H2,2H3,(H2,22,23,28). The summed E-state index contributed by atoms with van der Waals surface area (Å²) >= 11 is 0. The second kappa shape index (κ2) is 10.4. The van der Waals surface area contributed by atoms with Gasteiger partial charge < -0.3 is 20.0 Å². The molecule has 0 heterocycles. The Kier molecular flexibility index (Phi) is 7.62. The molecule has 0 radical (unpaired) electrons. The Morgan fingerprint density at radius 1 is 1.24 bits per heavy atom. The lowest BCUT2D eigenvalue weighted by atomic mass is 10.1. The highest BCUT2D eigenvalue weighted by atomic mass is 16.5. The van der Waals surface area contributed by atoms with E-state index in [-0.39, 0.29) is 18.0 Å². The highest BCUT2D eigenvalue weighted by Gasteiger charge is 2.19. The van der Waals surface area contributed by atoms with E-state index >= 15 is 0 Å². The van der Waals surface area contributed by atoms with Crippen LogP contribution in [0, 0.1) is 12.3 Å². The third kappa shape index (κ3) is 6.29. The molecule has 0 aromatic heterocycles. The van der Waals surface area contributed by atoms with Crippen molar-refractivity contribution < 1.29 is 24.2 Å². The predicted octanol–water partition coefficient (Wildman–Crippen LogP) is 2.63. The molecular formula is C21H21N3O5. The van der Waals surface area contributed by atoms with E-state index in [1.54, 1.807) is 30.3 Å². The van der Waals surface area contributed by atoms with Crippen molar-refractivity contribution in [2.24, 2.45) is 0 Å². The fraction of sp³-hybridized carbons (Fsp3) is 0.190. The van der Waals surface area contributed by atoms with Crippen molar-refractivity contribution in [2.75, 3.05) is 16.9 Å². The number of carbonyl (C=O) groups is 3. The van der Waals surface area contributed by atoms with Crippen molar-refractivity contribution in [1.82, 2.24) is 5.43 Å². The number of aryl methyl sites for hydroxylation is 1. The number of aromatic hydroxyl groups is 1. The van der Waals surface area contributed by atoms with Crippen molar-refractivity contribution in [3.63, 3.8) is 0 Å². The van der Waals surface area contributed by atoms with Crippen molar-refractivity contribution in [1.29, 1.82) is 0 Å². The van der Waals surface area contributed by atoms with Crippen LogP contribution in [0.15, 0.2) is 42.5 Å². The fourth-order valence-corrected chi connectivity index (χ4v) is 2.46. The number of hydrogen-bond acceptors (Lipinski definition) is 5. The molecule has 0 bridgehead atoms. The van der Waals surface area contributed by atoms with Gasteiger partial charge in [-0.15, -0.1) is 6.42 Å². The quantitative estimate of drug-likeness (QED) is 0.379. The number of aldehydes is 1. The zero-order chi connectivity index (χ0) is 21.2. The number of nitrogens with zero attached hydrogens (tertiary/aromatic N) is 1. The van der Waals surface area contributed by atoms with E-state index in [9.17, 15) is 19.5 Å². The molecule has 0 unspecified atom stereocenters. The molecule has 0 saturated carbocycles. The number of urea groups is 1. The summed E-state index contributed by atoms with van der Waals surface area (Å²) in [6, 6.07) is 10.4. The van der Waals surface area contributed by atoms with E-state index in [1.165, 1.54) is 19.1 Å². The normalized spacial score (nSPS) is 9.79. The lowest BCUT2D eigenvalue weighted by Crippen LogP contribution is -2.47. The van der Waals surface area contributed by atoms with Crippen LogP contribution in [0.4, 0.5) is 16.2 Å². The largest absolute Gasteiger partial charge is 0.506 e. The number of anilines is 2. The molecule has 0 aliphatic heterocycles. The zero-order valence-electron chi connectivity index (χ0n) is 15.8. The van der Waals surface area contributed by atoms with Gasteiger partial charge >= 0.3 is 6.03 Å². The Labute approximate surface area is 168 Å².